The van der Waals surface area contributed by atoms with Gasteiger partial charge in [0, 0.05) is 11.1 Å². The number of unbranched alkanes of at least 4 members (excludes halogenated alkanes) is 1. The Hall–Kier alpha value is -3.80. The molecule has 1 amide bonds. The van der Waals surface area contributed by atoms with Gasteiger partial charge in [-0.1, -0.05) is 25.5 Å². The van der Waals surface area contributed by atoms with Gasteiger partial charge in [-0.3, -0.25) is 4.79 Å². The molecule has 3 aromatic carbocycles. The smallest absolute Gasteiger partial charge is 0.255 e. The van der Waals surface area contributed by atoms with Crippen LogP contribution in [0.4, 0.5) is 5.69 Å². The normalized spacial score (nSPS) is 10.8. The highest BCUT2D eigenvalue weighted by atomic mass is 16.5. The minimum Gasteiger partial charge on any atom is -0.495 e. The van der Waals surface area contributed by atoms with Crippen molar-refractivity contribution in [1.82, 2.24) is 4.98 Å². The Kier molecular flexibility index (Phi) is 6.17. The molecule has 6 nitrogen and oxygen atoms in total. The van der Waals surface area contributed by atoms with Gasteiger partial charge in [-0.25, -0.2) is 4.98 Å². The lowest BCUT2D eigenvalue weighted by atomic mass is 10.1. The maximum absolute atomic E-state index is 12.8. The van der Waals surface area contributed by atoms with Crippen LogP contribution in [-0.2, 0) is 0 Å². The summed E-state index contributed by atoms with van der Waals surface area (Å²) in [6.07, 6.45) is 2.07. The van der Waals surface area contributed by atoms with E-state index in [0.717, 1.165) is 29.7 Å². The molecule has 0 bridgehead atoms. The van der Waals surface area contributed by atoms with Crippen LogP contribution < -0.4 is 14.8 Å². The van der Waals surface area contributed by atoms with Crippen LogP contribution in [0.5, 0.6) is 11.5 Å². The molecule has 0 fully saturated rings. The zero-order chi connectivity index (χ0) is 21.6. The first kappa shape index (κ1) is 20.5. The van der Waals surface area contributed by atoms with Crippen LogP contribution in [0.15, 0.2) is 71.1 Å². The van der Waals surface area contributed by atoms with Crippen molar-refractivity contribution < 1.29 is 18.7 Å². The topological polar surface area (TPSA) is 73.6 Å². The first-order chi connectivity index (χ1) is 15.2. The molecular weight excluding hydrogens is 392 g/mol. The molecule has 31 heavy (non-hydrogen) atoms. The van der Waals surface area contributed by atoms with Gasteiger partial charge in [0.2, 0.25) is 5.89 Å². The summed E-state index contributed by atoms with van der Waals surface area (Å²) in [5, 5.41) is 2.92. The summed E-state index contributed by atoms with van der Waals surface area (Å²) < 4.78 is 16.9. The van der Waals surface area contributed by atoms with Gasteiger partial charge in [-0.15, -0.1) is 0 Å². The highest BCUT2D eigenvalue weighted by Gasteiger charge is 2.14. The van der Waals surface area contributed by atoms with Gasteiger partial charge >= 0.3 is 0 Å². The van der Waals surface area contributed by atoms with Crippen molar-refractivity contribution in [3.63, 3.8) is 0 Å². The van der Waals surface area contributed by atoms with Crippen LogP contribution in [-0.4, -0.2) is 24.6 Å². The van der Waals surface area contributed by atoms with E-state index in [0.29, 0.717) is 35.1 Å². The van der Waals surface area contributed by atoms with Crippen LogP contribution in [0.3, 0.4) is 0 Å². The fourth-order valence-corrected chi connectivity index (χ4v) is 3.17. The largest absolute Gasteiger partial charge is 0.495 e. The molecule has 4 rings (SSSR count). The molecule has 0 aliphatic carbocycles. The standard InChI is InChI=1S/C25H24N2O4/c1-3-4-15-30-19-12-9-17(10-13-19)24(28)26-21-16-18(11-14-22(21)29-2)25-27-20-7-5-6-8-23(20)31-25/h5-14,16H,3-4,15H2,1-2H3,(H,26,28). The van der Waals surface area contributed by atoms with E-state index >= 15 is 0 Å². The molecule has 0 aliphatic heterocycles. The second kappa shape index (κ2) is 9.34. The van der Waals surface area contributed by atoms with Crippen LogP contribution in [0.1, 0.15) is 30.1 Å². The van der Waals surface area contributed by atoms with E-state index < -0.39 is 0 Å². The van der Waals surface area contributed by atoms with Crippen LogP contribution in [0.25, 0.3) is 22.6 Å². The summed E-state index contributed by atoms with van der Waals surface area (Å²) in [4.78, 5) is 17.3. The Morgan fingerprint density at radius 2 is 1.87 bits per heavy atom. The molecule has 0 saturated carbocycles. The molecule has 4 aromatic rings. The second-order valence-electron chi connectivity index (χ2n) is 7.08. The van der Waals surface area contributed by atoms with E-state index in [1.165, 1.54) is 0 Å². The number of benzene rings is 3. The van der Waals surface area contributed by atoms with Crippen molar-refractivity contribution >= 4 is 22.7 Å². The van der Waals surface area contributed by atoms with Crippen molar-refractivity contribution in [3.05, 3.63) is 72.3 Å². The highest BCUT2D eigenvalue weighted by molar-refractivity contribution is 6.05. The Bertz CT molecular complexity index is 1150. The van der Waals surface area contributed by atoms with E-state index in [4.69, 9.17) is 13.9 Å². The number of ether oxygens (including phenoxy) is 2. The first-order valence-corrected chi connectivity index (χ1v) is 10.3. The van der Waals surface area contributed by atoms with Gasteiger partial charge in [-0.05, 0) is 61.0 Å². The number of nitrogens with one attached hydrogen (secondary N) is 1. The van der Waals surface area contributed by atoms with E-state index in [1.54, 1.807) is 43.5 Å². The highest BCUT2D eigenvalue weighted by Crippen LogP contribution is 2.32. The average Bonchev–Trinajstić information content (AvgIpc) is 3.24. The molecular formula is C25H24N2O4. The lowest BCUT2D eigenvalue weighted by Crippen LogP contribution is -2.12. The number of hydrogen-bond donors (Lipinski definition) is 1. The van der Waals surface area contributed by atoms with E-state index in [2.05, 4.69) is 17.2 Å². The van der Waals surface area contributed by atoms with Gasteiger partial charge in [0.15, 0.2) is 5.58 Å². The van der Waals surface area contributed by atoms with Gasteiger partial charge in [-0.2, -0.15) is 0 Å². The number of fused-ring (bicyclic) bond motifs is 1. The summed E-state index contributed by atoms with van der Waals surface area (Å²) in [5.74, 6) is 1.54. The summed E-state index contributed by atoms with van der Waals surface area (Å²) in [6, 6.07) is 20.1. The molecule has 0 aliphatic rings. The number of carbonyl (C=O) groups excluding carboxylic acids is 1. The Morgan fingerprint density at radius 3 is 2.61 bits per heavy atom. The second-order valence-corrected chi connectivity index (χ2v) is 7.08. The minimum atomic E-state index is -0.242. The van der Waals surface area contributed by atoms with Crippen molar-refractivity contribution in [2.45, 2.75) is 19.8 Å². The number of amides is 1. The fourth-order valence-electron chi connectivity index (χ4n) is 3.17. The van der Waals surface area contributed by atoms with Crippen molar-refractivity contribution in [3.8, 4) is 23.0 Å². The predicted molar refractivity (Wildman–Crippen MR) is 121 cm³/mol. The van der Waals surface area contributed by atoms with Crippen molar-refractivity contribution in [1.29, 1.82) is 0 Å². The molecule has 158 valence electrons. The van der Waals surface area contributed by atoms with Crippen molar-refractivity contribution in [2.24, 2.45) is 0 Å². The number of nitrogens with zero attached hydrogens (tertiary/aromatic N) is 1. The SMILES string of the molecule is CCCCOc1ccc(C(=O)Nc2cc(-c3nc4ccccc4o3)ccc2OC)cc1. The minimum absolute atomic E-state index is 0.242. The monoisotopic (exact) mass is 416 g/mol. The van der Waals surface area contributed by atoms with Gasteiger partial charge in [0.1, 0.15) is 17.0 Å². The predicted octanol–water partition coefficient (Wildman–Crippen LogP) is 5.93. The summed E-state index contributed by atoms with van der Waals surface area (Å²) in [7, 11) is 1.56. The number of rotatable bonds is 8. The zero-order valence-corrected chi connectivity index (χ0v) is 17.6. The molecule has 6 heteroatoms. The lowest BCUT2D eigenvalue weighted by Gasteiger charge is -2.12. The van der Waals surface area contributed by atoms with Gasteiger partial charge in [0.25, 0.3) is 5.91 Å². The third-order valence-corrected chi connectivity index (χ3v) is 4.87. The summed E-state index contributed by atoms with van der Waals surface area (Å²) >= 11 is 0. The van der Waals surface area contributed by atoms with Crippen molar-refractivity contribution in [2.75, 3.05) is 19.0 Å². The van der Waals surface area contributed by atoms with Gasteiger partial charge in [0.05, 0.1) is 19.4 Å². The van der Waals surface area contributed by atoms with E-state index in [9.17, 15) is 4.79 Å². The summed E-state index contributed by atoms with van der Waals surface area (Å²) in [5.41, 5.74) is 3.29. The quantitative estimate of drug-likeness (QED) is 0.360. The molecule has 0 saturated heterocycles. The lowest BCUT2D eigenvalue weighted by molar-refractivity contribution is 0.102. The van der Waals surface area contributed by atoms with Gasteiger partial charge < -0.3 is 19.2 Å². The van der Waals surface area contributed by atoms with E-state index in [-0.39, 0.29) is 5.91 Å². The first-order valence-electron chi connectivity index (χ1n) is 10.3. The number of anilines is 1. The molecule has 0 radical (unpaired) electrons. The maximum atomic E-state index is 12.8. The summed E-state index contributed by atoms with van der Waals surface area (Å²) in [6.45, 7) is 2.78. The number of aromatic nitrogens is 1. The molecule has 0 unspecified atom stereocenters. The Morgan fingerprint density at radius 1 is 1.06 bits per heavy atom. The molecule has 0 spiro atoms. The Balaban J connectivity index is 1.54. The zero-order valence-electron chi connectivity index (χ0n) is 17.6. The number of oxazole rings is 1. The van der Waals surface area contributed by atoms with E-state index in [1.807, 2.05) is 30.3 Å². The molecule has 1 aromatic heterocycles. The third-order valence-electron chi connectivity index (χ3n) is 4.87. The molecule has 1 N–H and O–H groups in total. The number of hydrogen-bond acceptors (Lipinski definition) is 5. The van der Waals surface area contributed by atoms with Crippen LogP contribution in [0, 0.1) is 0 Å². The Labute approximate surface area is 180 Å². The third kappa shape index (κ3) is 4.69. The number of carbonyl (C=O) groups is 1. The molecule has 1 heterocycles. The van der Waals surface area contributed by atoms with Crippen LogP contribution >= 0.6 is 0 Å². The maximum Gasteiger partial charge on any atom is 0.255 e. The fraction of sp³-hybridized carbons (Fsp3) is 0.200. The number of methoxy groups -OCH3 is 1. The van der Waals surface area contributed by atoms with Crippen LogP contribution in [0.2, 0.25) is 0 Å². The molecule has 0 atom stereocenters. The number of para-hydroxylation sites is 2. The average molecular weight is 416 g/mol.